The highest BCUT2D eigenvalue weighted by Gasteiger charge is 2.17. The molecule has 2 heterocycles. The van der Waals surface area contributed by atoms with E-state index >= 15 is 0 Å². The molecule has 0 unspecified atom stereocenters. The molecule has 0 aromatic carbocycles. The van der Waals surface area contributed by atoms with E-state index in [1.54, 1.807) is 18.3 Å². The van der Waals surface area contributed by atoms with Gasteiger partial charge in [0, 0.05) is 18.9 Å². The fourth-order valence-electron chi connectivity index (χ4n) is 1.83. The lowest BCUT2D eigenvalue weighted by molar-refractivity contribution is 0.598. The summed E-state index contributed by atoms with van der Waals surface area (Å²) in [5.41, 5.74) is 0. The highest BCUT2D eigenvalue weighted by molar-refractivity contribution is 7.89. The van der Waals surface area contributed by atoms with Crippen molar-refractivity contribution in [1.82, 2.24) is 19.7 Å². The number of hydrogen-bond acceptors (Lipinski definition) is 5. The summed E-state index contributed by atoms with van der Waals surface area (Å²) >= 11 is 0. The van der Waals surface area contributed by atoms with Crippen molar-refractivity contribution in [1.29, 1.82) is 0 Å². The minimum absolute atomic E-state index is 0.144. The molecule has 0 aliphatic carbocycles. The van der Waals surface area contributed by atoms with E-state index in [-0.39, 0.29) is 5.75 Å². The molecule has 0 saturated heterocycles. The SMILES string of the molecule is CC(C)Cc1nc(CS(C)(=O)=O)n(-c2ccccn2)n1. The summed E-state index contributed by atoms with van der Waals surface area (Å²) in [6, 6.07) is 5.40. The molecule has 7 heteroatoms. The van der Waals surface area contributed by atoms with E-state index < -0.39 is 9.84 Å². The Kier molecular flexibility index (Phi) is 4.17. The average Bonchev–Trinajstić information content (AvgIpc) is 2.69. The van der Waals surface area contributed by atoms with E-state index in [2.05, 4.69) is 28.9 Å². The first-order valence-electron chi connectivity index (χ1n) is 6.39. The smallest absolute Gasteiger partial charge is 0.155 e. The van der Waals surface area contributed by atoms with Crippen molar-refractivity contribution < 1.29 is 8.42 Å². The average molecular weight is 294 g/mol. The lowest BCUT2D eigenvalue weighted by Crippen LogP contribution is -2.10. The van der Waals surface area contributed by atoms with Crippen LogP contribution in [0.2, 0.25) is 0 Å². The van der Waals surface area contributed by atoms with Crippen LogP contribution in [-0.4, -0.2) is 34.4 Å². The van der Waals surface area contributed by atoms with Crippen molar-refractivity contribution in [3.8, 4) is 5.82 Å². The van der Waals surface area contributed by atoms with E-state index in [1.807, 2.05) is 6.07 Å². The van der Waals surface area contributed by atoms with Gasteiger partial charge in [0.05, 0.1) is 0 Å². The zero-order valence-electron chi connectivity index (χ0n) is 11.8. The van der Waals surface area contributed by atoms with Gasteiger partial charge in [0.2, 0.25) is 0 Å². The van der Waals surface area contributed by atoms with E-state index in [4.69, 9.17) is 0 Å². The van der Waals surface area contributed by atoms with Crippen LogP contribution in [0.1, 0.15) is 25.5 Å². The van der Waals surface area contributed by atoms with Crippen molar-refractivity contribution >= 4 is 9.84 Å². The van der Waals surface area contributed by atoms with Gasteiger partial charge in [0.15, 0.2) is 21.5 Å². The van der Waals surface area contributed by atoms with E-state index in [9.17, 15) is 8.42 Å². The third kappa shape index (κ3) is 3.86. The Bertz CT molecular complexity index is 678. The summed E-state index contributed by atoms with van der Waals surface area (Å²) in [6.07, 6.45) is 3.53. The van der Waals surface area contributed by atoms with Crippen molar-refractivity contribution in [2.24, 2.45) is 5.92 Å². The van der Waals surface area contributed by atoms with E-state index in [0.29, 0.717) is 29.8 Å². The summed E-state index contributed by atoms with van der Waals surface area (Å²) < 4.78 is 24.5. The normalized spacial score (nSPS) is 12.0. The first-order chi connectivity index (χ1) is 9.35. The molecule has 0 fully saturated rings. The van der Waals surface area contributed by atoms with Crippen LogP contribution < -0.4 is 0 Å². The van der Waals surface area contributed by atoms with Crippen LogP contribution >= 0.6 is 0 Å². The molecule has 0 atom stereocenters. The first-order valence-corrected chi connectivity index (χ1v) is 8.45. The van der Waals surface area contributed by atoms with Crippen molar-refractivity contribution in [3.05, 3.63) is 36.0 Å². The van der Waals surface area contributed by atoms with Crippen LogP contribution in [0.5, 0.6) is 0 Å². The van der Waals surface area contributed by atoms with Gasteiger partial charge < -0.3 is 0 Å². The number of aromatic nitrogens is 4. The lowest BCUT2D eigenvalue weighted by atomic mass is 10.1. The summed E-state index contributed by atoms with van der Waals surface area (Å²) in [5, 5.41) is 4.38. The van der Waals surface area contributed by atoms with Gasteiger partial charge in [-0.05, 0) is 18.1 Å². The molecular weight excluding hydrogens is 276 g/mol. The van der Waals surface area contributed by atoms with Crippen LogP contribution in [0.3, 0.4) is 0 Å². The Morgan fingerprint density at radius 3 is 2.60 bits per heavy atom. The zero-order chi connectivity index (χ0) is 14.8. The van der Waals surface area contributed by atoms with Gasteiger partial charge in [-0.25, -0.2) is 18.4 Å². The van der Waals surface area contributed by atoms with E-state index in [1.165, 1.54) is 10.9 Å². The fraction of sp³-hybridized carbons (Fsp3) is 0.462. The maximum absolute atomic E-state index is 11.5. The van der Waals surface area contributed by atoms with Crippen LogP contribution in [0, 0.1) is 5.92 Å². The Balaban J connectivity index is 2.45. The molecule has 6 nitrogen and oxygen atoms in total. The number of sulfone groups is 1. The molecule has 0 radical (unpaired) electrons. The maximum Gasteiger partial charge on any atom is 0.155 e. The largest absolute Gasteiger partial charge is 0.237 e. The third-order valence-corrected chi connectivity index (χ3v) is 3.35. The number of pyridine rings is 1. The predicted octanol–water partition coefficient (Wildman–Crippen LogP) is 1.41. The summed E-state index contributed by atoms with van der Waals surface area (Å²) in [6.45, 7) is 4.13. The number of rotatable bonds is 5. The quantitative estimate of drug-likeness (QED) is 0.833. The van der Waals surface area contributed by atoms with Gasteiger partial charge in [0.25, 0.3) is 0 Å². The number of nitrogens with zero attached hydrogens (tertiary/aromatic N) is 4. The highest BCUT2D eigenvalue weighted by atomic mass is 32.2. The highest BCUT2D eigenvalue weighted by Crippen LogP contribution is 2.12. The minimum Gasteiger partial charge on any atom is -0.237 e. The standard InChI is InChI=1S/C13H18N4O2S/c1-10(2)8-11-15-13(9-20(3,18)19)17(16-11)12-6-4-5-7-14-12/h4-7,10H,8-9H2,1-3H3. The van der Waals surface area contributed by atoms with Crippen LogP contribution in [0.15, 0.2) is 24.4 Å². The van der Waals surface area contributed by atoms with E-state index in [0.717, 1.165) is 0 Å². The fourth-order valence-corrected chi connectivity index (χ4v) is 2.49. The molecule has 108 valence electrons. The molecule has 2 rings (SSSR count). The topological polar surface area (TPSA) is 77.7 Å². The van der Waals surface area contributed by atoms with Gasteiger partial charge >= 0.3 is 0 Å². The Labute approximate surface area is 118 Å². The molecule has 0 saturated carbocycles. The molecular formula is C13H18N4O2S. The summed E-state index contributed by atoms with van der Waals surface area (Å²) in [4.78, 5) is 8.54. The maximum atomic E-state index is 11.5. The Morgan fingerprint density at radius 1 is 1.30 bits per heavy atom. The van der Waals surface area contributed by atoms with Gasteiger partial charge in [-0.2, -0.15) is 4.68 Å². The van der Waals surface area contributed by atoms with Crippen LogP contribution in [0.25, 0.3) is 5.82 Å². The first kappa shape index (κ1) is 14.6. The molecule has 0 aliphatic heterocycles. The van der Waals surface area contributed by atoms with Crippen LogP contribution in [-0.2, 0) is 22.0 Å². The second-order valence-electron chi connectivity index (χ2n) is 5.21. The second kappa shape index (κ2) is 5.70. The van der Waals surface area contributed by atoms with Gasteiger partial charge in [-0.3, -0.25) is 0 Å². The molecule has 0 spiro atoms. The Morgan fingerprint density at radius 2 is 2.05 bits per heavy atom. The molecule has 0 bridgehead atoms. The van der Waals surface area contributed by atoms with Crippen molar-refractivity contribution in [2.45, 2.75) is 26.0 Å². The van der Waals surface area contributed by atoms with Gasteiger partial charge in [-0.1, -0.05) is 19.9 Å². The van der Waals surface area contributed by atoms with Gasteiger partial charge in [0.1, 0.15) is 11.6 Å². The molecule has 0 N–H and O–H groups in total. The predicted molar refractivity (Wildman–Crippen MR) is 76.2 cm³/mol. The Hall–Kier alpha value is -1.76. The van der Waals surface area contributed by atoms with Crippen LogP contribution in [0.4, 0.5) is 0 Å². The third-order valence-electron chi connectivity index (χ3n) is 2.57. The molecule has 2 aromatic rings. The lowest BCUT2D eigenvalue weighted by Gasteiger charge is -2.03. The molecule has 2 aromatic heterocycles. The molecule has 0 amide bonds. The molecule has 0 aliphatic rings. The number of hydrogen-bond donors (Lipinski definition) is 0. The minimum atomic E-state index is -3.17. The zero-order valence-corrected chi connectivity index (χ0v) is 12.6. The van der Waals surface area contributed by atoms with Crippen molar-refractivity contribution in [3.63, 3.8) is 0 Å². The molecule has 20 heavy (non-hydrogen) atoms. The monoisotopic (exact) mass is 294 g/mol. The second-order valence-corrected chi connectivity index (χ2v) is 7.35. The summed E-state index contributed by atoms with van der Waals surface area (Å²) in [5.74, 6) is 1.88. The van der Waals surface area contributed by atoms with Gasteiger partial charge in [-0.15, -0.1) is 5.10 Å². The summed E-state index contributed by atoms with van der Waals surface area (Å²) in [7, 11) is -3.17. The van der Waals surface area contributed by atoms with Crippen molar-refractivity contribution in [2.75, 3.05) is 6.26 Å².